The SMILES string of the molecule is C=CCCC[C@@H](O)N1C(=O)N([C@@H](O)CCCC=C)C(=O)C1(C)C. The van der Waals surface area contributed by atoms with Crippen LogP contribution in [0, 0.1) is 0 Å². The average Bonchev–Trinajstić information content (AvgIpc) is 2.65. The fraction of sp³-hybridized carbons (Fsp3) is 0.647. The summed E-state index contributed by atoms with van der Waals surface area (Å²) in [6.07, 6.45) is 4.59. The maximum Gasteiger partial charge on any atom is 0.331 e. The molecule has 3 amide bonds. The number of carbonyl (C=O) groups excluding carboxylic acids is 2. The van der Waals surface area contributed by atoms with Crippen molar-refractivity contribution in [2.45, 2.75) is 70.4 Å². The van der Waals surface area contributed by atoms with Crippen molar-refractivity contribution < 1.29 is 19.8 Å². The molecular weight excluding hydrogens is 296 g/mol. The van der Waals surface area contributed by atoms with Crippen LogP contribution in [-0.2, 0) is 4.79 Å². The van der Waals surface area contributed by atoms with Crippen LogP contribution in [0.2, 0.25) is 0 Å². The van der Waals surface area contributed by atoms with Crippen molar-refractivity contribution in [2.75, 3.05) is 0 Å². The summed E-state index contributed by atoms with van der Waals surface area (Å²) in [5, 5.41) is 20.5. The number of amides is 3. The number of nitrogens with zero attached hydrogens (tertiary/aromatic N) is 2. The number of hydrogen-bond acceptors (Lipinski definition) is 4. The smallest absolute Gasteiger partial charge is 0.331 e. The number of hydrogen-bond donors (Lipinski definition) is 2. The summed E-state index contributed by atoms with van der Waals surface area (Å²) in [6.45, 7) is 10.4. The second-order valence-corrected chi connectivity index (χ2v) is 6.29. The highest BCUT2D eigenvalue weighted by Gasteiger charge is 2.55. The lowest BCUT2D eigenvalue weighted by molar-refractivity contribution is -0.140. The lowest BCUT2D eigenvalue weighted by Gasteiger charge is -2.32. The van der Waals surface area contributed by atoms with E-state index in [4.69, 9.17) is 0 Å². The standard InChI is InChI=1S/C17H28N2O4/c1-5-7-9-11-13(20)18-15(22)17(3,4)19(16(18)23)14(21)12-10-8-6-2/h5-6,13-14,20-21H,1-2,7-12H2,3-4H3/t13-,14+/m0/s1. The summed E-state index contributed by atoms with van der Waals surface area (Å²) in [6, 6.07) is -0.641. The normalized spacial score (nSPS) is 19.8. The lowest BCUT2D eigenvalue weighted by atomic mass is 10.0. The number of carbonyl (C=O) groups is 2. The first-order valence-corrected chi connectivity index (χ1v) is 8.03. The molecule has 0 aromatic rings. The molecule has 0 aromatic carbocycles. The minimum absolute atomic E-state index is 0.292. The van der Waals surface area contributed by atoms with Crippen LogP contribution in [0.15, 0.2) is 25.3 Å². The minimum atomic E-state index is -1.18. The van der Waals surface area contributed by atoms with E-state index in [9.17, 15) is 19.8 Å². The number of urea groups is 1. The number of allylic oxidation sites excluding steroid dienone is 2. The Labute approximate surface area is 138 Å². The van der Waals surface area contributed by atoms with Crippen molar-refractivity contribution in [3.63, 3.8) is 0 Å². The van der Waals surface area contributed by atoms with Crippen molar-refractivity contribution in [3.8, 4) is 0 Å². The zero-order chi connectivity index (χ0) is 17.6. The van der Waals surface area contributed by atoms with E-state index in [2.05, 4.69) is 13.2 Å². The molecule has 6 heteroatoms. The Morgan fingerprint density at radius 2 is 1.52 bits per heavy atom. The van der Waals surface area contributed by atoms with Gasteiger partial charge in [-0.25, -0.2) is 9.69 Å². The Balaban J connectivity index is 2.85. The topological polar surface area (TPSA) is 81.1 Å². The van der Waals surface area contributed by atoms with Gasteiger partial charge in [0, 0.05) is 0 Å². The van der Waals surface area contributed by atoms with Gasteiger partial charge in [0.1, 0.15) is 18.0 Å². The number of imide groups is 1. The van der Waals surface area contributed by atoms with E-state index in [0.29, 0.717) is 32.1 Å². The number of rotatable bonds is 10. The molecule has 1 rings (SSSR count). The fourth-order valence-electron chi connectivity index (χ4n) is 2.75. The quantitative estimate of drug-likeness (QED) is 0.367. The van der Waals surface area contributed by atoms with Gasteiger partial charge in [-0.1, -0.05) is 12.2 Å². The van der Waals surface area contributed by atoms with E-state index in [0.717, 1.165) is 16.2 Å². The van der Waals surface area contributed by atoms with E-state index < -0.39 is 29.9 Å². The summed E-state index contributed by atoms with van der Waals surface area (Å²) >= 11 is 0. The molecule has 2 atom stereocenters. The van der Waals surface area contributed by atoms with Crippen LogP contribution in [0.5, 0.6) is 0 Å². The predicted octanol–water partition coefficient (Wildman–Crippen LogP) is 2.38. The third kappa shape index (κ3) is 4.20. The minimum Gasteiger partial charge on any atom is -0.373 e. The molecule has 1 fully saturated rings. The molecule has 1 saturated heterocycles. The predicted molar refractivity (Wildman–Crippen MR) is 88.3 cm³/mol. The molecule has 2 N–H and O–H groups in total. The van der Waals surface area contributed by atoms with Gasteiger partial charge < -0.3 is 10.2 Å². The van der Waals surface area contributed by atoms with E-state index in [-0.39, 0.29) is 0 Å². The van der Waals surface area contributed by atoms with E-state index in [1.54, 1.807) is 26.0 Å². The maximum atomic E-state index is 12.6. The zero-order valence-electron chi connectivity index (χ0n) is 14.1. The number of aliphatic hydroxyl groups excluding tert-OH is 2. The molecule has 0 saturated carbocycles. The Hall–Kier alpha value is -1.66. The van der Waals surface area contributed by atoms with Crippen molar-refractivity contribution >= 4 is 11.9 Å². The summed E-state index contributed by atoms with van der Waals surface area (Å²) in [5.41, 5.74) is -1.18. The first-order chi connectivity index (χ1) is 10.8. The van der Waals surface area contributed by atoms with Crippen molar-refractivity contribution in [3.05, 3.63) is 25.3 Å². The highest BCUT2D eigenvalue weighted by Crippen LogP contribution is 2.32. The molecule has 0 unspecified atom stereocenters. The van der Waals surface area contributed by atoms with E-state index in [1.807, 2.05) is 0 Å². The Morgan fingerprint density at radius 1 is 1.04 bits per heavy atom. The molecule has 0 aliphatic carbocycles. The van der Waals surface area contributed by atoms with Gasteiger partial charge in [0.2, 0.25) is 0 Å². The van der Waals surface area contributed by atoms with Crippen LogP contribution in [-0.4, -0.2) is 49.9 Å². The molecule has 6 nitrogen and oxygen atoms in total. The van der Waals surface area contributed by atoms with Crippen LogP contribution < -0.4 is 0 Å². The van der Waals surface area contributed by atoms with Crippen molar-refractivity contribution in [2.24, 2.45) is 0 Å². The van der Waals surface area contributed by atoms with Crippen LogP contribution in [0.25, 0.3) is 0 Å². The molecule has 0 radical (unpaired) electrons. The van der Waals surface area contributed by atoms with Gasteiger partial charge in [0.05, 0.1) is 0 Å². The van der Waals surface area contributed by atoms with E-state index >= 15 is 0 Å². The lowest BCUT2D eigenvalue weighted by Crippen LogP contribution is -2.50. The number of aliphatic hydroxyl groups is 2. The maximum absolute atomic E-state index is 12.6. The zero-order valence-corrected chi connectivity index (χ0v) is 14.1. The molecule has 0 bridgehead atoms. The second-order valence-electron chi connectivity index (χ2n) is 6.29. The first-order valence-electron chi connectivity index (χ1n) is 8.03. The Morgan fingerprint density at radius 3 is 2.00 bits per heavy atom. The van der Waals surface area contributed by atoms with Gasteiger partial charge in [-0.15, -0.1) is 13.2 Å². The molecule has 23 heavy (non-hydrogen) atoms. The van der Waals surface area contributed by atoms with Crippen LogP contribution >= 0.6 is 0 Å². The summed E-state index contributed by atoms with van der Waals surface area (Å²) < 4.78 is 0. The largest absolute Gasteiger partial charge is 0.373 e. The van der Waals surface area contributed by atoms with Crippen LogP contribution in [0.1, 0.15) is 52.4 Å². The molecule has 1 aliphatic rings. The fourth-order valence-corrected chi connectivity index (χ4v) is 2.75. The monoisotopic (exact) mass is 324 g/mol. The Kier molecular flexibility index (Phi) is 6.97. The molecule has 130 valence electrons. The second kappa shape index (κ2) is 8.26. The van der Waals surface area contributed by atoms with Gasteiger partial charge in [0.25, 0.3) is 5.91 Å². The molecule has 0 aromatic heterocycles. The number of unbranched alkanes of at least 4 members (excludes halogenated alkanes) is 2. The highest BCUT2D eigenvalue weighted by atomic mass is 16.3. The van der Waals surface area contributed by atoms with Gasteiger partial charge >= 0.3 is 6.03 Å². The molecule has 1 heterocycles. The summed E-state index contributed by atoms with van der Waals surface area (Å²) in [4.78, 5) is 27.1. The van der Waals surface area contributed by atoms with Crippen molar-refractivity contribution in [1.29, 1.82) is 0 Å². The van der Waals surface area contributed by atoms with Crippen LogP contribution in [0.3, 0.4) is 0 Å². The summed E-state index contributed by atoms with van der Waals surface area (Å²) in [5.74, 6) is -0.489. The molecular formula is C17H28N2O4. The van der Waals surface area contributed by atoms with Gasteiger partial charge in [-0.3, -0.25) is 9.69 Å². The van der Waals surface area contributed by atoms with Crippen LogP contribution in [0.4, 0.5) is 4.79 Å². The van der Waals surface area contributed by atoms with E-state index in [1.165, 1.54) is 0 Å². The van der Waals surface area contributed by atoms with Crippen molar-refractivity contribution in [1.82, 2.24) is 9.80 Å². The third-order valence-corrected chi connectivity index (χ3v) is 4.09. The average molecular weight is 324 g/mol. The summed E-state index contributed by atoms with van der Waals surface area (Å²) in [7, 11) is 0. The highest BCUT2D eigenvalue weighted by molar-refractivity contribution is 6.06. The Bertz CT molecular complexity index is 462. The first kappa shape index (κ1) is 19.4. The van der Waals surface area contributed by atoms with Gasteiger partial charge in [-0.2, -0.15) is 0 Å². The third-order valence-electron chi connectivity index (χ3n) is 4.09. The molecule has 1 aliphatic heterocycles. The molecule has 0 spiro atoms. The van der Waals surface area contributed by atoms with Gasteiger partial charge in [-0.05, 0) is 52.4 Å². The van der Waals surface area contributed by atoms with Gasteiger partial charge in [0.15, 0.2) is 0 Å².